The Morgan fingerprint density at radius 3 is 2.50 bits per heavy atom. The summed E-state index contributed by atoms with van der Waals surface area (Å²) in [4.78, 5) is 0. The zero-order valence-corrected chi connectivity index (χ0v) is 10.2. The average molecular weight is 243 g/mol. The predicted molar refractivity (Wildman–Crippen MR) is 63.5 cm³/mol. The van der Waals surface area contributed by atoms with E-state index in [9.17, 15) is 0 Å². The van der Waals surface area contributed by atoms with Gasteiger partial charge >= 0.3 is 0 Å². The molecule has 0 unspecified atom stereocenters. The van der Waals surface area contributed by atoms with Gasteiger partial charge in [0, 0.05) is 10.6 Å². The number of aryl methyl sites for hydroxylation is 1. The second-order valence-corrected chi connectivity index (χ2v) is 4.56. The van der Waals surface area contributed by atoms with E-state index in [1.807, 2.05) is 6.92 Å². The first-order valence-corrected chi connectivity index (χ1v) is 5.20. The molecule has 1 aromatic carbocycles. The van der Waals surface area contributed by atoms with E-state index in [4.69, 9.17) is 22.0 Å². The van der Waals surface area contributed by atoms with Crippen molar-refractivity contribution in [3.05, 3.63) is 34.3 Å². The van der Waals surface area contributed by atoms with E-state index < -0.39 is 5.54 Å². The first kappa shape index (κ1) is 13.0. The second-order valence-electron chi connectivity index (χ2n) is 4.15. The molecule has 0 atom stereocenters. The van der Waals surface area contributed by atoms with Crippen molar-refractivity contribution in [1.82, 2.24) is 5.48 Å². The highest BCUT2D eigenvalue weighted by Gasteiger charge is 2.26. The van der Waals surface area contributed by atoms with Crippen LogP contribution in [-0.4, -0.2) is 21.7 Å². The molecule has 0 aliphatic rings. The number of nitrogens with zero attached hydrogens (tertiary/aromatic N) is 1. The van der Waals surface area contributed by atoms with Crippen molar-refractivity contribution in [1.29, 1.82) is 0 Å². The highest BCUT2D eigenvalue weighted by molar-refractivity contribution is 6.31. The molecule has 1 rings (SSSR count). The van der Waals surface area contributed by atoms with Crippen molar-refractivity contribution in [2.45, 2.75) is 26.3 Å². The zero-order chi connectivity index (χ0) is 12.3. The number of nitrogens with one attached hydrogen (secondary N) is 1. The van der Waals surface area contributed by atoms with Gasteiger partial charge in [0.2, 0.25) is 0 Å². The lowest BCUT2D eigenvalue weighted by Crippen LogP contribution is -2.45. The molecule has 3 N–H and O–H groups in total. The molecule has 0 spiro atoms. The van der Waals surface area contributed by atoms with Crippen molar-refractivity contribution < 1.29 is 10.4 Å². The third kappa shape index (κ3) is 2.52. The molecule has 0 saturated carbocycles. The molecule has 0 aromatic heterocycles. The van der Waals surface area contributed by atoms with Crippen LogP contribution in [0.5, 0.6) is 0 Å². The lowest BCUT2D eigenvalue weighted by Gasteiger charge is -2.24. The van der Waals surface area contributed by atoms with Crippen molar-refractivity contribution in [3.8, 4) is 0 Å². The van der Waals surface area contributed by atoms with E-state index in [0.29, 0.717) is 16.3 Å². The summed E-state index contributed by atoms with van der Waals surface area (Å²) in [6.45, 7) is 5.26. The van der Waals surface area contributed by atoms with Crippen LogP contribution in [-0.2, 0) is 0 Å². The van der Waals surface area contributed by atoms with Gasteiger partial charge in [-0.25, -0.2) is 0 Å². The fourth-order valence-corrected chi connectivity index (χ4v) is 1.51. The predicted octanol–water partition coefficient (Wildman–Crippen LogP) is 2.58. The Kier molecular flexibility index (Phi) is 3.91. The van der Waals surface area contributed by atoms with Gasteiger partial charge in [-0.3, -0.25) is 0 Å². The minimum Gasteiger partial charge on any atom is -0.411 e. The van der Waals surface area contributed by atoms with Crippen LogP contribution in [0, 0.1) is 6.92 Å². The van der Waals surface area contributed by atoms with Gasteiger partial charge in [0.1, 0.15) is 5.71 Å². The van der Waals surface area contributed by atoms with Gasteiger partial charge < -0.3 is 10.4 Å². The Labute approximate surface area is 99.5 Å². The molecule has 4 nitrogen and oxygen atoms in total. The summed E-state index contributed by atoms with van der Waals surface area (Å²) < 4.78 is 0. The molecule has 88 valence electrons. The molecule has 0 saturated heterocycles. The lowest BCUT2D eigenvalue weighted by molar-refractivity contribution is 0.113. The number of halogens is 1. The number of oxime groups is 1. The first-order chi connectivity index (χ1) is 7.42. The Morgan fingerprint density at radius 1 is 1.44 bits per heavy atom. The van der Waals surface area contributed by atoms with Crippen LogP contribution >= 0.6 is 11.6 Å². The molecule has 0 amide bonds. The molecular formula is C11H15ClN2O2. The van der Waals surface area contributed by atoms with E-state index in [0.717, 1.165) is 5.56 Å². The van der Waals surface area contributed by atoms with Crippen molar-refractivity contribution in [2.24, 2.45) is 5.16 Å². The maximum atomic E-state index is 9.01. The van der Waals surface area contributed by atoms with Crippen LogP contribution in [0.2, 0.25) is 5.02 Å². The molecule has 1 aromatic rings. The molecular weight excluding hydrogens is 228 g/mol. The van der Waals surface area contributed by atoms with Crippen LogP contribution in [0.15, 0.2) is 23.4 Å². The Hall–Kier alpha value is -1.10. The maximum Gasteiger partial charge on any atom is 0.108 e. The summed E-state index contributed by atoms with van der Waals surface area (Å²) in [6, 6.07) is 5.27. The standard InChI is InChI=1S/C11H15ClN2O2/c1-7-6-8(4-5-9(7)12)10(13-15)11(2,3)14-16/h4-6,14-16H,1-3H3/b13-10+. The summed E-state index contributed by atoms with van der Waals surface area (Å²) in [5.74, 6) is 0. The van der Waals surface area contributed by atoms with Gasteiger partial charge in [-0.2, -0.15) is 5.48 Å². The van der Waals surface area contributed by atoms with Crippen molar-refractivity contribution >= 4 is 17.3 Å². The van der Waals surface area contributed by atoms with Gasteiger partial charge in [-0.1, -0.05) is 22.8 Å². The summed E-state index contributed by atoms with van der Waals surface area (Å²) in [5.41, 5.74) is 3.19. The Balaban J connectivity index is 3.21. The molecule has 0 radical (unpaired) electrons. The second kappa shape index (κ2) is 4.82. The smallest absolute Gasteiger partial charge is 0.108 e. The summed E-state index contributed by atoms with van der Waals surface area (Å²) >= 11 is 5.91. The van der Waals surface area contributed by atoms with E-state index in [2.05, 4.69) is 10.6 Å². The molecule has 16 heavy (non-hydrogen) atoms. The molecule has 0 bridgehead atoms. The van der Waals surface area contributed by atoms with Gasteiger partial charge in [-0.05, 0) is 38.5 Å². The lowest BCUT2D eigenvalue weighted by atomic mass is 9.92. The van der Waals surface area contributed by atoms with Gasteiger partial charge in [0.25, 0.3) is 0 Å². The fourth-order valence-electron chi connectivity index (χ4n) is 1.39. The quantitative estimate of drug-likeness (QED) is 0.434. The maximum absolute atomic E-state index is 9.01. The van der Waals surface area contributed by atoms with E-state index >= 15 is 0 Å². The Morgan fingerprint density at radius 2 is 2.06 bits per heavy atom. The molecule has 0 aliphatic carbocycles. The third-order valence-electron chi connectivity index (χ3n) is 2.40. The molecule has 0 fully saturated rings. The van der Waals surface area contributed by atoms with Crippen LogP contribution in [0.4, 0.5) is 0 Å². The highest BCUT2D eigenvalue weighted by Crippen LogP contribution is 2.20. The first-order valence-electron chi connectivity index (χ1n) is 4.82. The monoisotopic (exact) mass is 242 g/mol. The topological polar surface area (TPSA) is 64.9 Å². The van der Waals surface area contributed by atoms with Gasteiger partial charge in [0.05, 0.1) is 5.54 Å². The number of benzene rings is 1. The number of hydrogen-bond donors (Lipinski definition) is 3. The van der Waals surface area contributed by atoms with Crippen molar-refractivity contribution in [3.63, 3.8) is 0 Å². The normalized spacial score (nSPS) is 12.9. The minimum absolute atomic E-state index is 0.342. The Bertz CT molecular complexity index is 416. The third-order valence-corrected chi connectivity index (χ3v) is 2.83. The van der Waals surface area contributed by atoms with Crippen LogP contribution < -0.4 is 5.48 Å². The number of hydrogen-bond acceptors (Lipinski definition) is 4. The van der Waals surface area contributed by atoms with Gasteiger partial charge in [-0.15, -0.1) is 0 Å². The number of rotatable bonds is 3. The largest absolute Gasteiger partial charge is 0.411 e. The van der Waals surface area contributed by atoms with Crippen LogP contribution in [0.3, 0.4) is 0 Å². The summed E-state index contributed by atoms with van der Waals surface area (Å²) in [6.07, 6.45) is 0. The average Bonchev–Trinajstić information content (AvgIpc) is 2.24. The van der Waals surface area contributed by atoms with Crippen LogP contribution in [0.25, 0.3) is 0 Å². The van der Waals surface area contributed by atoms with Crippen molar-refractivity contribution in [2.75, 3.05) is 0 Å². The molecule has 0 aliphatic heterocycles. The van der Waals surface area contributed by atoms with E-state index in [-0.39, 0.29) is 0 Å². The SMILES string of the molecule is Cc1cc(/C(=N\O)C(C)(C)NO)ccc1Cl. The van der Waals surface area contributed by atoms with Crippen LogP contribution in [0.1, 0.15) is 25.0 Å². The molecule has 0 heterocycles. The van der Waals surface area contributed by atoms with Gasteiger partial charge in [0.15, 0.2) is 0 Å². The molecule has 5 heteroatoms. The number of hydroxylamine groups is 1. The minimum atomic E-state index is -0.838. The van der Waals surface area contributed by atoms with E-state index in [1.165, 1.54) is 0 Å². The summed E-state index contributed by atoms with van der Waals surface area (Å²) in [7, 11) is 0. The summed E-state index contributed by atoms with van der Waals surface area (Å²) in [5, 5.41) is 21.9. The highest BCUT2D eigenvalue weighted by atomic mass is 35.5. The van der Waals surface area contributed by atoms with E-state index in [1.54, 1.807) is 32.0 Å². The zero-order valence-electron chi connectivity index (χ0n) is 9.45. The fraction of sp³-hybridized carbons (Fsp3) is 0.364.